The molecule has 0 heterocycles. The number of hydrogen-bond acceptors (Lipinski definition) is 0. The molecule has 1 rings (SSSR count). The van der Waals surface area contributed by atoms with Gasteiger partial charge in [-0.15, -0.1) is 0 Å². The van der Waals surface area contributed by atoms with Crippen molar-refractivity contribution in [1.82, 2.24) is 0 Å². The molecule has 0 aliphatic carbocycles. The molecule has 0 aliphatic heterocycles. The van der Waals surface area contributed by atoms with Gasteiger partial charge in [0.1, 0.15) is 0 Å². The molecular formula is C11H16I6Zr2. The van der Waals surface area contributed by atoms with Crippen molar-refractivity contribution in [3.63, 3.8) is 0 Å². The quantitative estimate of drug-likeness (QED) is 0.206. The van der Waals surface area contributed by atoms with Gasteiger partial charge in [-0.2, -0.15) is 0 Å². The van der Waals surface area contributed by atoms with Crippen LogP contribution in [0.25, 0.3) is 0 Å². The summed E-state index contributed by atoms with van der Waals surface area (Å²) in [7, 11) is -3.22. The van der Waals surface area contributed by atoms with E-state index < -0.39 is 15.4 Å². The fourth-order valence-electron chi connectivity index (χ4n) is 1.20. The van der Waals surface area contributed by atoms with Gasteiger partial charge in [-0.25, -0.2) is 0 Å². The first kappa shape index (κ1) is 24.4. The van der Waals surface area contributed by atoms with Crippen LogP contribution in [-0.4, -0.2) is 0 Å². The molecule has 1 aromatic rings. The van der Waals surface area contributed by atoms with Gasteiger partial charge in [0, 0.05) is 0 Å². The van der Waals surface area contributed by atoms with Gasteiger partial charge in [0.25, 0.3) is 0 Å². The van der Waals surface area contributed by atoms with E-state index in [4.69, 9.17) is 0 Å². The summed E-state index contributed by atoms with van der Waals surface area (Å²) in [6.45, 7) is 2.27. The average molecular weight is 1090 g/mol. The Kier molecular flexibility index (Phi) is 17.4. The molecule has 0 spiro atoms. The zero-order valence-corrected chi connectivity index (χ0v) is 28.3. The van der Waals surface area contributed by atoms with Crippen LogP contribution in [0.1, 0.15) is 26.2 Å². The molecule has 0 fully saturated rings. The van der Waals surface area contributed by atoms with Crippen LogP contribution in [0, 0.1) is 0 Å². The molecule has 0 atom stereocenters. The second kappa shape index (κ2) is 13.6. The summed E-state index contributed by atoms with van der Waals surface area (Å²) in [6.07, 6.45) is 4.28. The van der Waals surface area contributed by atoms with Crippen LogP contribution < -0.4 is 3.27 Å². The first-order chi connectivity index (χ1) is 8.67. The molecule has 110 valence electrons. The van der Waals surface area contributed by atoms with Crippen molar-refractivity contribution in [2.75, 3.05) is 0 Å². The van der Waals surface area contributed by atoms with Crippen LogP contribution in [0.4, 0.5) is 0 Å². The average Bonchev–Trinajstić information content (AvgIpc) is 2.29. The van der Waals surface area contributed by atoms with E-state index >= 15 is 0 Å². The summed E-state index contributed by atoms with van der Waals surface area (Å²) in [5.41, 5.74) is 0. The van der Waals surface area contributed by atoms with Gasteiger partial charge >= 0.3 is 188 Å². The van der Waals surface area contributed by atoms with E-state index in [1.165, 1.54) is 19.3 Å². The van der Waals surface area contributed by atoms with E-state index in [1.807, 2.05) is 0 Å². The molecule has 1 aromatic carbocycles. The van der Waals surface area contributed by atoms with Crippen molar-refractivity contribution < 1.29 is 15.4 Å². The summed E-state index contributed by atoms with van der Waals surface area (Å²) in [5.74, 6) is 0. The number of hydrogen-bond donors (Lipinski definition) is 0. The standard InChI is InChI=1S/C6H5.C5H11.6HI.2Zr/c1-2-4-6-5-3-1;1-3-5-4-2;;;;;;;;/h1-5H;1,3-5H2,2H3;6*1H;;/q;;;;;;;;2*+3/p-6. The van der Waals surface area contributed by atoms with Gasteiger partial charge in [-0.05, 0) is 0 Å². The van der Waals surface area contributed by atoms with Crippen LogP contribution in [0.2, 0.25) is 4.13 Å². The van der Waals surface area contributed by atoms with Gasteiger partial charge in [0.15, 0.2) is 0 Å². The third-order valence-corrected chi connectivity index (χ3v) is 27.5. The minimum atomic E-state index is -1.80. The Labute approximate surface area is 181 Å². The van der Waals surface area contributed by atoms with Crippen molar-refractivity contribution in [2.24, 2.45) is 0 Å². The molecule has 0 nitrogen and oxygen atoms in total. The summed E-state index contributed by atoms with van der Waals surface area (Å²) in [5, 5.41) is 0. The Morgan fingerprint density at radius 2 is 1.37 bits per heavy atom. The zero-order chi connectivity index (χ0) is 14.9. The van der Waals surface area contributed by atoms with E-state index in [0.717, 1.165) is 0 Å². The molecule has 0 N–H and O–H groups in total. The fourth-order valence-corrected chi connectivity index (χ4v) is 17.4. The predicted molar refractivity (Wildman–Crippen MR) is 135 cm³/mol. The first-order valence-electron chi connectivity index (χ1n) is 5.86. The van der Waals surface area contributed by atoms with Gasteiger partial charge in [-0.1, -0.05) is 0 Å². The second-order valence-corrected chi connectivity index (χ2v) is 147. The summed E-state index contributed by atoms with van der Waals surface area (Å²) in [6, 6.07) is 10.8. The Balaban J connectivity index is 0.000000344. The van der Waals surface area contributed by atoms with Gasteiger partial charge < -0.3 is 0 Å². The van der Waals surface area contributed by atoms with Crippen molar-refractivity contribution in [1.29, 1.82) is 0 Å². The SMILES string of the molecule is CCCC[CH2][Zr]([I])([I])[I].[I][Zr]([I])([I])[c]1ccccc1. The molecule has 0 aliphatic rings. The van der Waals surface area contributed by atoms with Crippen molar-refractivity contribution >= 4 is 112 Å². The van der Waals surface area contributed by atoms with Crippen molar-refractivity contribution in [3.8, 4) is 0 Å². The normalized spacial score (nSPS) is 11.7. The molecule has 0 saturated heterocycles. The number of unbranched alkanes of at least 4 members (excludes halogenated alkanes) is 2. The summed E-state index contributed by atoms with van der Waals surface area (Å²) in [4.78, 5) is 0. The maximum absolute atomic E-state index is 2.70. The maximum atomic E-state index is 2.70. The summed E-state index contributed by atoms with van der Waals surface area (Å²) < 4.78 is 3.11. The summed E-state index contributed by atoms with van der Waals surface area (Å²) >= 11 is 16.0. The van der Waals surface area contributed by atoms with Crippen molar-refractivity contribution in [2.45, 2.75) is 30.3 Å². The monoisotopic (exact) mass is 1090 g/mol. The molecule has 19 heavy (non-hydrogen) atoms. The molecule has 0 radical (unpaired) electrons. The van der Waals surface area contributed by atoms with E-state index in [-0.39, 0.29) is 0 Å². The van der Waals surface area contributed by atoms with Gasteiger partial charge in [0.2, 0.25) is 0 Å². The van der Waals surface area contributed by atoms with Gasteiger partial charge in [-0.3, -0.25) is 0 Å². The molecule has 0 bridgehead atoms. The Morgan fingerprint density at radius 3 is 1.68 bits per heavy atom. The Bertz CT molecular complexity index is 333. The Hall–Kier alpha value is 5.37. The molecular weight excluding hydrogens is 1080 g/mol. The van der Waals surface area contributed by atoms with E-state index in [9.17, 15) is 0 Å². The topological polar surface area (TPSA) is 0 Å². The predicted octanol–water partition coefficient (Wildman–Crippen LogP) is 8.31. The molecule has 8 heteroatoms. The molecule has 0 unspecified atom stereocenters. The van der Waals surface area contributed by atoms with Crippen LogP contribution in [-0.2, 0) is 15.4 Å². The van der Waals surface area contributed by atoms with Crippen molar-refractivity contribution in [3.05, 3.63) is 30.3 Å². The Morgan fingerprint density at radius 1 is 0.842 bits per heavy atom. The van der Waals surface area contributed by atoms with Crippen LogP contribution in [0.3, 0.4) is 0 Å². The third kappa shape index (κ3) is 16.6. The van der Waals surface area contributed by atoms with E-state index in [2.05, 4.69) is 146 Å². The number of rotatable bonds is 5. The van der Waals surface area contributed by atoms with Crippen LogP contribution >= 0.6 is 108 Å². The van der Waals surface area contributed by atoms with Gasteiger partial charge in [0.05, 0.1) is 0 Å². The molecule has 0 amide bonds. The molecule has 0 saturated carbocycles. The zero-order valence-electron chi connectivity index (χ0n) is 10.5. The molecule has 0 aromatic heterocycles. The number of halogens is 6. The first-order valence-corrected chi connectivity index (χ1v) is 52.7. The van der Waals surface area contributed by atoms with E-state index in [1.54, 1.807) is 7.40 Å². The fraction of sp³-hybridized carbons (Fsp3) is 0.455. The third-order valence-electron chi connectivity index (χ3n) is 2.16. The van der Waals surface area contributed by atoms with Crippen LogP contribution in [0.15, 0.2) is 30.3 Å². The second-order valence-electron chi connectivity index (χ2n) is 3.94. The van der Waals surface area contributed by atoms with E-state index in [0.29, 0.717) is 0 Å². The minimum absolute atomic E-state index is 1.37. The van der Waals surface area contributed by atoms with Crippen LogP contribution in [0.5, 0.6) is 0 Å². The number of benzene rings is 1.